The monoisotopic (exact) mass is 235 g/mol. The van der Waals surface area contributed by atoms with Gasteiger partial charge in [-0.25, -0.2) is 0 Å². The fraction of sp³-hybridized carbons (Fsp3) is 0.538. The first kappa shape index (κ1) is 13.6. The van der Waals surface area contributed by atoms with Crippen molar-refractivity contribution in [2.75, 3.05) is 19.6 Å². The molecule has 1 amide bonds. The van der Waals surface area contributed by atoms with Gasteiger partial charge < -0.3 is 10.6 Å². The number of carbonyl (C=O) groups excluding carboxylic acids is 1. The van der Waals surface area contributed by atoms with Crippen LogP contribution >= 0.6 is 0 Å². The molecule has 0 spiro atoms. The molecular formula is C13H21N3O. The molecule has 1 rings (SSSR count). The SMILES string of the molecule is CCN(CC)C(=O)C(CCN)c1ccncc1. The van der Waals surface area contributed by atoms with E-state index in [9.17, 15) is 4.79 Å². The van der Waals surface area contributed by atoms with E-state index < -0.39 is 0 Å². The summed E-state index contributed by atoms with van der Waals surface area (Å²) in [5, 5.41) is 0. The summed E-state index contributed by atoms with van der Waals surface area (Å²) in [6.45, 7) is 5.98. The van der Waals surface area contributed by atoms with Gasteiger partial charge in [0.2, 0.25) is 5.91 Å². The fourth-order valence-electron chi connectivity index (χ4n) is 1.95. The molecule has 0 bridgehead atoms. The number of rotatable bonds is 6. The zero-order chi connectivity index (χ0) is 12.7. The van der Waals surface area contributed by atoms with Crippen molar-refractivity contribution in [2.45, 2.75) is 26.2 Å². The molecule has 2 N–H and O–H groups in total. The highest BCUT2D eigenvalue weighted by Crippen LogP contribution is 2.21. The van der Waals surface area contributed by atoms with E-state index in [4.69, 9.17) is 5.73 Å². The Bertz CT molecular complexity index is 336. The van der Waals surface area contributed by atoms with Gasteiger partial charge in [-0.2, -0.15) is 0 Å². The lowest BCUT2D eigenvalue weighted by Crippen LogP contribution is -2.35. The van der Waals surface area contributed by atoms with Crippen molar-refractivity contribution in [1.29, 1.82) is 0 Å². The van der Waals surface area contributed by atoms with Crippen molar-refractivity contribution in [3.8, 4) is 0 Å². The number of hydrogen-bond acceptors (Lipinski definition) is 3. The third-order valence-electron chi connectivity index (χ3n) is 2.94. The summed E-state index contributed by atoms with van der Waals surface area (Å²) in [6.07, 6.45) is 4.11. The summed E-state index contributed by atoms with van der Waals surface area (Å²) in [5.41, 5.74) is 6.60. The maximum absolute atomic E-state index is 12.3. The molecule has 0 aliphatic heterocycles. The van der Waals surface area contributed by atoms with Gasteiger partial charge in [-0.15, -0.1) is 0 Å². The topological polar surface area (TPSA) is 59.2 Å². The Morgan fingerprint density at radius 1 is 1.35 bits per heavy atom. The molecule has 0 aromatic carbocycles. The van der Waals surface area contributed by atoms with Crippen LogP contribution in [0.15, 0.2) is 24.5 Å². The van der Waals surface area contributed by atoms with Crippen LogP contribution < -0.4 is 5.73 Å². The number of hydrogen-bond donors (Lipinski definition) is 1. The van der Waals surface area contributed by atoms with Crippen molar-refractivity contribution in [1.82, 2.24) is 9.88 Å². The van der Waals surface area contributed by atoms with Crippen molar-refractivity contribution in [2.24, 2.45) is 5.73 Å². The number of nitrogens with two attached hydrogens (primary N) is 1. The van der Waals surface area contributed by atoms with Crippen molar-refractivity contribution in [3.63, 3.8) is 0 Å². The van der Waals surface area contributed by atoms with Crippen LogP contribution in [0.5, 0.6) is 0 Å². The van der Waals surface area contributed by atoms with Gasteiger partial charge in [-0.3, -0.25) is 9.78 Å². The lowest BCUT2D eigenvalue weighted by Gasteiger charge is -2.25. The summed E-state index contributed by atoms with van der Waals surface area (Å²) in [5.74, 6) is 0.0227. The summed E-state index contributed by atoms with van der Waals surface area (Å²) < 4.78 is 0. The molecule has 0 saturated carbocycles. The minimum absolute atomic E-state index is 0.136. The molecule has 1 atom stereocenters. The number of nitrogens with zero attached hydrogens (tertiary/aromatic N) is 2. The Morgan fingerprint density at radius 3 is 2.41 bits per heavy atom. The third-order valence-corrected chi connectivity index (χ3v) is 2.94. The van der Waals surface area contributed by atoms with Crippen molar-refractivity contribution in [3.05, 3.63) is 30.1 Å². The lowest BCUT2D eigenvalue weighted by atomic mass is 9.95. The van der Waals surface area contributed by atoms with E-state index in [2.05, 4.69) is 4.98 Å². The van der Waals surface area contributed by atoms with Crippen LogP contribution in [0.1, 0.15) is 31.7 Å². The van der Waals surface area contributed by atoms with Crippen LogP contribution in [0.2, 0.25) is 0 Å². The van der Waals surface area contributed by atoms with E-state index in [1.54, 1.807) is 12.4 Å². The molecular weight excluding hydrogens is 214 g/mol. The number of pyridine rings is 1. The molecule has 4 nitrogen and oxygen atoms in total. The molecule has 1 aromatic heterocycles. The molecule has 1 unspecified atom stereocenters. The van der Waals surface area contributed by atoms with Gasteiger partial charge in [0, 0.05) is 25.5 Å². The number of amides is 1. The van der Waals surface area contributed by atoms with Gasteiger partial charge >= 0.3 is 0 Å². The average Bonchev–Trinajstić information content (AvgIpc) is 2.38. The Balaban J connectivity index is 2.89. The first-order valence-corrected chi connectivity index (χ1v) is 6.13. The van der Waals surface area contributed by atoms with E-state index in [1.165, 1.54) is 0 Å². The fourth-order valence-corrected chi connectivity index (χ4v) is 1.95. The second-order valence-corrected chi connectivity index (χ2v) is 3.92. The number of aromatic nitrogens is 1. The predicted molar refractivity (Wildman–Crippen MR) is 68.6 cm³/mol. The zero-order valence-corrected chi connectivity index (χ0v) is 10.6. The Kier molecular flexibility index (Phi) is 5.63. The van der Waals surface area contributed by atoms with Gasteiger partial charge in [0.05, 0.1) is 5.92 Å². The summed E-state index contributed by atoms with van der Waals surface area (Å²) in [4.78, 5) is 18.2. The standard InChI is InChI=1S/C13H21N3O/c1-3-16(4-2)13(17)12(5-8-14)11-6-9-15-10-7-11/h6-7,9-10,12H,3-5,8,14H2,1-2H3. The van der Waals surface area contributed by atoms with E-state index in [0.29, 0.717) is 13.0 Å². The van der Waals surface area contributed by atoms with Crippen LogP contribution in [0, 0.1) is 0 Å². The van der Waals surface area contributed by atoms with Crippen molar-refractivity contribution >= 4 is 5.91 Å². The lowest BCUT2D eigenvalue weighted by molar-refractivity contribution is -0.132. The summed E-state index contributed by atoms with van der Waals surface area (Å²) >= 11 is 0. The quantitative estimate of drug-likeness (QED) is 0.810. The largest absolute Gasteiger partial charge is 0.343 e. The number of carbonyl (C=O) groups is 1. The minimum atomic E-state index is -0.136. The van der Waals surface area contributed by atoms with Crippen LogP contribution in [0.4, 0.5) is 0 Å². The average molecular weight is 235 g/mol. The van der Waals surface area contributed by atoms with Gasteiger partial charge in [-0.1, -0.05) is 0 Å². The smallest absolute Gasteiger partial charge is 0.230 e. The van der Waals surface area contributed by atoms with E-state index >= 15 is 0 Å². The predicted octanol–water partition coefficient (Wildman–Crippen LogP) is 1.38. The van der Waals surface area contributed by atoms with Gasteiger partial charge in [0.1, 0.15) is 0 Å². The van der Waals surface area contributed by atoms with E-state index in [1.807, 2.05) is 30.9 Å². The minimum Gasteiger partial charge on any atom is -0.343 e. The Labute approximate surface area is 103 Å². The maximum atomic E-state index is 12.3. The third kappa shape index (κ3) is 3.53. The molecule has 0 radical (unpaired) electrons. The molecule has 0 saturated heterocycles. The van der Waals surface area contributed by atoms with Crippen LogP contribution in [0.25, 0.3) is 0 Å². The zero-order valence-electron chi connectivity index (χ0n) is 10.6. The normalized spacial score (nSPS) is 12.2. The summed E-state index contributed by atoms with van der Waals surface area (Å²) in [7, 11) is 0. The maximum Gasteiger partial charge on any atom is 0.230 e. The highest BCUT2D eigenvalue weighted by molar-refractivity contribution is 5.83. The molecule has 1 aromatic rings. The van der Waals surface area contributed by atoms with Gasteiger partial charge in [-0.05, 0) is 44.5 Å². The first-order valence-electron chi connectivity index (χ1n) is 6.13. The highest BCUT2D eigenvalue weighted by Gasteiger charge is 2.23. The highest BCUT2D eigenvalue weighted by atomic mass is 16.2. The molecule has 4 heteroatoms. The first-order chi connectivity index (χ1) is 8.24. The van der Waals surface area contributed by atoms with Crippen molar-refractivity contribution < 1.29 is 4.79 Å². The van der Waals surface area contributed by atoms with Gasteiger partial charge in [0.25, 0.3) is 0 Å². The van der Waals surface area contributed by atoms with Crippen LogP contribution in [0.3, 0.4) is 0 Å². The molecule has 94 valence electrons. The van der Waals surface area contributed by atoms with Crippen LogP contribution in [-0.2, 0) is 4.79 Å². The Hall–Kier alpha value is -1.42. The Morgan fingerprint density at radius 2 is 1.94 bits per heavy atom. The molecule has 0 fully saturated rings. The summed E-state index contributed by atoms with van der Waals surface area (Å²) in [6, 6.07) is 3.78. The molecule has 0 aliphatic carbocycles. The van der Waals surface area contributed by atoms with E-state index in [0.717, 1.165) is 18.7 Å². The molecule has 0 aliphatic rings. The van der Waals surface area contributed by atoms with Gasteiger partial charge in [0.15, 0.2) is 0 Å². The number of likely N-dealkylation sites (N-methyl/N-ethyl adjacent to an activating group) is 1. The molecule has 1 heterocycles. The molecule has 17 heavy (non-hydrogen) atoms. The second-order valence-electron chi connectivity index (χ2n) is 3.92. The second kappa shape index (κ2) is 7.01. The van der Waals surface area contributed by atoms with Crippen LogP contribution in [-0.4, -0.2) is 35.4 Å². The van der Waals surface area contributed by atoms with E-state index in [-0.39, 0.29) is 11.8 Å².